The van der Waals surface area contributed by atoms with E-state index in [4.69, 9.17) is 23.5 Å². The summed E-state index contributed by atoms with van der Waals surface area (Å²) in [5.74, 6) is -2.27. The number of Topliss-reactive ketones (excluding diaryl/α,β-unsaturated/α-hetero) is 1. The monoisotopic (exact) mass is 546 g/mol. The number of nitrogens with one attached hydrogen (secondary N) is 3. The Kier molecular flexibility index (Phi) is 10.5. The number of epoxide rings is 1. The Morgan fingerprint density at radius 2 is 1.56 bits per heavy atom. The number of benzene rings is 1. The van der Waals surface area contributed by atoms with Crippen LogP contribution >= 0.6 is 0 Å². The van der Waals surface area contributed by atoms with E-state index >= 15 is 0 Å². The van der Waals surface area contributed by atoms with Gasteiger partial charge in [-0.1, -0.05) is 35.5 Å². The van der Waals surface area contributed by atoms with Gasteiger partial charge in [-0.15, -0.1) is 0 Å². The van der Waals surface area contributed by atoms with E-state index in [2.05, 4.69) is 21.1 Å². The second-order valence-corrected chi connectivity index (χ2v) is 9.10. The van der Waals surface area contributed by atoms with Crippen LogP contribution in [0.5, 0.6) is 5.95 Å². The highest BCUT2D eigenvalue weighted by atomic mass is 16.6. The zero-order valence-electron chi connectivity index (χ0n) is 22.4. The predicted molar refractivity (Wildman–Crippen MR) is 136 cm³/mol. The zero-order chi connectivity index (χ0) is 28.4. The number of hydrogen-bond donors (Lipinski definition) is 3. The summed E-state index contributed by atoms with van der Waals surface area (Å²) in [6, 6.07) is 7.26. The highest BCUT2D eigenvalue weighted by Crippen LogP contribution is 2.29. The molecule has 1 fully saturated rings. The molecule has 1 aromatic carbocycles. The van der Waals surface area contributed by atoms with Crippen LogP contribution in [0.1, 0.15) is 29.9 Å². The number of ketones is 1. The van der Waals surface area contributed by atoms with Crippen LogP contribution in [0.25, 0.3) is 0 Å². The highest BCUT2D eigenvalue weighted by Gasteiger charge is 2.50. The third-order valence-electron chi connectivity index (χ3n) is 5.94. The summed E-state index contributed by atoms with van der Waals surface area (Å²) in [6.45, 7) is 3.61. The molecule has 0 saturated carbocycles. The second kappa shape index (κ2) is 13.8. The van der Waals surface area contributed by atoms with Gasteiger partial charge in [0.05, 0.1) is 38.5 Å². The van der Waals surface area contributed by atoms with Gasteiger partial charge in [0.15, 0.2) is 11.5 Å². The van der Waals surface area contributed by atoms with Crippen molar-refractivity contribution >= 4 is 23.5 Å². The van der Waals surface area contributed by atoms with Gasteiger partial charge in [-0.25, -0.2) is 0 Å². The molecule has 3 N–H and O–H groups in total. The first kappa shape index (κ1) is 29.7. The first-order chi connectivity index (χ1) is 18.7. The van der Waals surface area contributed by atoms with Gasteiger partial charge in [-0.3, -0.25) is 19.2 Å². The van der Waals surface area contributed by atoms with E-state index in [0.717, 1.165) is 5.56 Å². The number of carbonyl (C=O) groups excluding carboxylic acids is 4. The summed E-state index contributed by atoms with van der Waals surface area (Å²) in [6.07, 6.45) is 0.238. The third-order valence-corrected chi connectivity index (χ3v) is 5.94. The zero-order valence-corrected chi connectivity index (χ0v) is 22.4. The van der Waals surface area contributed by atoms with E-state index in [9.17, 15) is 19.2 Å². The predicted octanol–water partition coefficient (Wildman–Crippen LogP) is 0.0348. The fourth-order valence-corrected chi connectivity index (χ4v) is 3.73. The van der Waals surface area contributed by atoms with Gasteiger partial charge < -0.3 is 39.4 Å². The third kappa shape index (κ3) is 8.34. The van der Waals surface area contributed by atoms with Gasteiger partial charge in [0.2, 0.25) is 11.8 Å². The van der Waals surface area contributed by atoms with E-state index in [1.165, 1.54) is 20.3 Å². The lowest BCUT2D eigenvalue weighted by Gasteiger charge is -2.25. The average Bonchev–Trinajstić information content (AvgIpc) is 3.50. The van der Waals surface area contributed by atoms with Crippen molar-refractivity contribution in [2.75, 3.05) is 40.6 Å². The molecule has 13 nitrogen and oxygen atoms in total. The van der Waals surface area contributed by atoms with Crippen molar-refractivity contribution in [3.05, 3.63) is 47.7 Å². The van der Waals surface area contributed by atoms with E-state index in [1.54, 1.807) is 13.8 Å². The quantitative estimate of drug-likeness (QED) is 0.244. The van der Waals surface area contributed by atoms with E-state index < -0.39 is 41.4 Å². The maximum absolute atomic E-state index is 13.3. The summed E-state index contributed by atoms with van der Waals surface area (Å²) in [7, 11) is 2.72. The number of ether oxygens (including phenoxy) is 4. The van der Waals surface area contributed by atoms with Crippen molar-refractivity contribution in [2.45, 2.75) is 44.0 Å². The molecule has 3 unspecified atom stereocenters. The summed E-state index contributed by atoms with van der Waals surface area (Å²) >= 11 is 0. The number of amides is 3. The Balaban J connectivity index is 1.69. The van der Waals surface area contributed by atoms with E-state index in [0.29, 0.717) is 6.61 Å². The summed E-state index contributed by atoms with van der Waals surface area (Å²) in [5, 5.41) is 11.4. The fourth-order valence-electron chi connectivity index (χ4n) is 3.73. The molecule has 0 bridgehead atoms. The van der Waals surface area contributed by atoms with Crippen molar-refractivity contribution in [2.24, 2.45) is 0 Å². The Labute approximate surface area is 225 Å². The topological polar surface area (TPSA) is 171 Å². The summed E-state index contributed by atoms with van der Waals surface area (Å²) in [5.41, 5.74) is -0.225. The Hall–Kier alpha value is -3.81. The molecule has 4 atom stereocenters. The van der Waals surface area contributed by atoms with E-state index in [1.807, 2.05) is 30.3 Å². The molecule has 3 amide bonds. The van der Waals surface area contributed by atoms with Crippen LogP contribution in [0.2, 0.25) is 0 Å². The smallest absolute Gasteiger partial charge is 0.311 e. The Morgan fingerprint density at radius 3 is 2.13 bits per heavy atom. The van der Waals surface area contributed by atoms with Gasteiger partial charge >= 0.3 is 5.95 Å². The van der Waals surface area contributed by atoms with Gasteiger partial charge in [-0.2, -0.15) is 0 Å². The molecule has 1 aliphatic heterocycles. The van der Waals surface area contributed by atoms with Crippen LogP contribution < -0.4 is 20.7 Å². The summed E-state index contributed by atoms with van der Waals surface area (Å²) < 4.78 is 25.6. The molecule has 2 aromatic rings. The van der Waals surface area contributed by atoms with Gasteiger partial charge in [0, 0.05) is 14.2 Å². The lowest BCUT2D eigenvalue weighted by Crippen LogP contribution is -2.59. The minimum absolute atomic E-state index is 0.0530. The number of aromatic nitrogens is 1. The number of nitrogens with zero attached hydrogens (tertiary/aromatic N) is 1. The lowest BCUT2D eigenvalue weighted by atomic mass is 9.94. The number of methoxy groups -OCH3 is 2. The second-order valence-electron chi connectivity index (χ2n) is 9.10. The highest BCUT2D eigenvalue weighted by molar-refractivity contribution is 5.99. The van der Waals surface area contributed by atoms with Crippen LogP contribution in [0.15, 0.2) is 40.9 Å². The van der Waals surface area contributed by atoms with Crippen molar-refractivity contribution in [1.82, 2.24) is 21.1 Å². The molecule has 2 heterocycles. The maximum atomic E-state index is 13.3. The Morgan fingerprint density at radius 1 is 0.974 bits per heavy atom. The van der Waals surface area contributed by atoms with Crippen molar-refractivity contribution in [3.63, 3.8) is 0 Å². The molecule has 0 radical (unpaired) electrons. The van der Waals surface area contributed by atoms with Crippen molar-refractivity contribution in [1.29, 1.82) is 0 Å². The molecular weight excluding hydrogens is 512 g/mol. The molecule has 0 spiro atoms. The average molecular weight is 547 g/mol. The minimum atomic E-state index is -1.18. The van der Waals surface area contributed by atoms with Crippen molar-refractivity contribution < 1.29 is 42.6 Å². The van der Waals surface area contributed by atoms with Crippen LogP contribution in [0, 0.1) is 0 Å². The number of hydrogen-bond acceptors (Lipinski definition) is 10. The van der Waals surface area contributed by atoms with Crippen LogP contribution in [-0.2, 0) is 35.0 Å². The van der Waals surface area contributed by atoms with Gasteiger partial charge in [-0.05, 0) is 25.8 Å². The molecular formula is C26H34N4O9. The molecule has 3 rings (SSSR count). The SMILES string of the molecule is CCOc1cc(C(=O)NC(COC)C(=O)N[C@@H](COC)C(=O)NC(Cc2ccccc2)C(=O)C2(C)CO2)no1. The largest absolute Gasteiger partial charge is 0.464 e. The van der Waals surface area contributed by atoms with Gasteiger partial charge in [0.1, 0.15) is 17.7 Å². The normalized spacial score (nSPS) is 18.4. The van der Waals surface area contributed by atoms with Crippen LogP contribution in [0.3, 0.4) is 0 Å². The fraction of sp³-hybridized carbons (Fsp3) is 0.500. The standard InChI is InChI=1S/C26H34N4O9/c1-5-37-21-12-18(30-39-21)23(32)28-20(14-36-4)25(34)29-19(13-35-3)24(33)27-17(22(31)26(2)15-38-26)11-16-9-7-6-8-10-16/h6-10,12,17,19-20H,5,11,13-15H2,1-4H3,(H,27,33)(H,28,32)(H,29,34)/t17?,19-,20?,26?/m0/s1. The lowest BCUT2D eigenvalue weighted by molar-refractivity contribution is -0.134. The number of carbonyl (C=O) groups is 4. The van der Waals surface area contributed by atoms with Gasteiger partial charge in [0.25, 0.3) is 5.91 Å². The molecule has 1 aliphatic rings. The molecule has 13 heteroatoms. The van der Waals surface area contributed by atoms with Crippen LogP contribution in [0.4, 0.5) is 0 Å². The first-order valence-corrected chi connectivity index (χ1v) is 12.4. The molecule has 39 heavy (non-hydrogen) atoms. The van der Waals surface area contributed by atoms with Crippen molar-refractivity contribution in [3.8, 4) is 5.95 Å². The molecule has 1 saturated heterocycles. The minimum Gasteiger partial charge on any atom is -0.464 e. The molecule has 1 aromatic heterocycles. The summed E-state index contributed by atoms with van der Waals surface area (Å²) in [4.78, 5) is 52.1. The number of rotatable bonds is 16. The first-order valence-electron chi connectivity index (χ1n) is 12.4. The molecule has 0 aliphatic carbocycles. The molecule has 212 valence electrons. The van der Waals surface area contributed by atoms with E-state index in [-0.39, 0.29) is 43.7 Å². The Bertz CT molecular complexity index is 1130. The maximum Gasteiger partial charge on any atom is 0.311 e. The van der Waals surface area contributed by atoms with Crippen LogP contribution in [-0.4, -0.2) is 93.0 Å².